The van der Waals surface area contributed by atoms with Gasteiger partial charge in [-0.25, -0.2) is 4.98 Å². The smallest absolute Gasteiger partial charge is 0.213 e. The Morgan fingerprint density at radius 3 is 2.52 bits per heavy atom. The van der Waals surface area contributed by atoms with Gasteiger partial charge in [0.05, 0.1) is 33.6 Å². The Balaban J connectivity index is 1.70. The maximum atomic E-state index is 5.44. The van der Waals surface area contributed by atoms with Gasteiger partial charge < -0.3 is 24.4 Å². The lowest BCUT2D eigenvalue weighted by Gasteiger charge is -2.32. The predicted molar refractivity (Wildman–Crippen MR) is 105 cm³/mol. The van der Waals surface area contributed by atoms with E-state index >= 15 is 0 Å². The molecule has 1 aromatic heterocycles. The fourth-order valence-corrected chi connectivity index (χ4v) is 3.24. The lowest BCUT2D eigenvalue weighted by molar-refractivity contribution is 0.345. The monoisotopic (exact) mass is 370 g/mol. The van der Waals surface area contributed by atoms with Gasteiger partial charge in [-0.05, 0) is 35.7 Å². The first kappa shape index (κ1) is 18.8. The lowest BCUT2D eigenvalue weighted by Crippen LogP contribution is -2.43. The minimum absolute atomic E-state index is 0.583. The van der Waals surface area contributed by atoms with Crippen LogP contribution >= 0.6 is 0 Å². The van der Waals surface area contributed by atoms with E-state index in [1.54, 1.807) is 28.4 Å². The topological polar surface area (TPSA) is 68.2 Å². The van der Waals surface area contributed by atoms with Gasteiger partial charge in [0.15, 0.2) is 17.5 Å². The molecule has 0 saturated heterocycles. The van der Waals surface area contributed by atoms with Gasteiger partial charge in [-0.15, -0.1) is 0 Å². The molecule has 1 N–H and O–H groups in total. The maximum absolute atomic E-state index is 5.44. The molecule has 0 spiro atoms. The van der Waals surface area contributed by atoms with Crippen LogP contribution in [0.3, 0.4) is 0 Å². The van der Waals surface area contributed by atoms with Crippen LogP contribution in [0.15, 0.2) is 35.3 Å². The molecule has 0 saturated carbocycles. The Hall–Kier alpha value is -2.96. The number of nitrogens with one attached hydrogen (secondary N) is 1. The number of aliphatic imine (C=N–C) groups is 1. The minimum atomic E-state index is 0.583. The summed E-state index contributed by atoms with van der Waals surface area (Å²) < 4.78 is 16.0. The zero-order chi connectivity index (χ0) is 19.2. The number of nitrogens with zero attached hydrogens (tertiary/aromatic N) is 3. The second-order valence-electron chi connectivity index (χ2n) is 6.22. The number of hydrogen-bond donors (Lipinski definition) is 1. The summed E-state index contributed by atoms with van der Waals surface area (Å²) in [5.41, 5.74) is 3.41. The molecule has 1 aliphatic heterocycles. The van der Waals surface area contributed by atoms with E-state index in [1.165, 1.54) is 11.1 Å². The molecule has 1 aliphatic rings. The summed E-state index contributed by atoms with van der Waals surface area (Å²) in [5, 5.41) is 3.39. The van der Waals surface area contributed by atoms with E-state index in [9.17, 15) is 0 Å². The molecule has 0 atom stereocenters. The third kappa shape index (κ3) is 4.24. The number of fused-ring (bicyclic) bond motifs is 1. The Morgan fingerprint density at radius 1 is 1.11 bits per heavy atom. The van der Waals surface area contributed by atoms with Crippen molar-refractivity contribution in [3.05, 3.63) is 47.2 Å². The number of benzene rings is 1. The number of guanidine groups is 1. The summed E-state index contributed by atoms with van der Waals surface area (Å²) in [7, 11) is 6.74. The second-order valence-corrected chi connectivity index (χ2v) is 6.22. The van der Waals surface area contributed by atoms with Crippen LogP contribution in [0, 0.1) is 0 Å². The molecule has 0 aliphatic carbocycles. The molecule has 144 valence electrons. The Labute approximate surface area is 160 Å². The van der Waals surface area contributed by atoms with Crippen LogP contribution in [-0.4, -0.2) is 50.8 Å². The van der Waals surface area contributed by atoms with Gasteiger partial charge in [-0.2, -0.15) is 0 Å². The van der Waals surface area contributed by atoms with Gasteiger partial charge in [0, 0.05) is 26.2 Å². The van der Waals surface area contributed by atoms with Crippen molar-refractivity contribution in [1.29, 1.82) is 0 Å². The average molecular weight is 370 g/mol. The number of rotatable bonds is 5. The standard InChI is InChI=1S/C20H26N4O3/c1-21-20(22-12-16-6-5-7-19(23-16)27-4)24-9-8-14-10-17(25-2)18(26-3)11-15(14)13-24/h5-7,10-11H,8-9,12-13H2,1-4H3,(H,21,22). The van der Waals surface area contributed by atoms with Crippen LogP contribution in [0.5, 0.6) is 17.4 Å². The Morgan fingerprint density at radius 2 is 1.85 bits per heavy atom. The quantitative estimate of drug-likeness (QED) is 0.643. The number of hydrogen-bond acceptors (Lipinski definition) is 5. The highest BCUT2D eigenvalue weighted by atomic mass is 16.5. The lowest BCUT2D eigenvalue weighted by atomic mass is 9.99. The van der Waals surface area contributed by atoms with Crippen LogP contribution < -0.4 is 19.5 Å². The first-order chi connectivity index (χ1) is 13.2. The van der Waals surface area contributed by atoms with Crippen LogP contribution in [0.25, 0.3) is 0 Å². The van der Waals surface area contributed by atoms with E-state index < -0.39 is 0 Å². The third-order valence-corrected chi connectivity index (χ3v) is 4.65. The zero-order valence-corrected chi connectivity index (χ0v) is 16.3. The fourth-order valence-electron chi connectivity index (χ4n) is 3.24. The molecular weight excluding hydrogens is 344 g/mol. The van der Waals surface area contributed by atoms with Crippen molar-refractivity contribution in [2.24, 2.45) is 4.99 Å². The fraction of sp³-hybridized carbons (Fsp3) is 0.400. The number of ether oxygens (including phenoxy) is 3. The van der Waals surface area contributed by atoms with Crippen molar-refractivity contribution in [3.63, 3.8) is 0 Å². The zero-order valence-electron chi connectivity index (χ0n) is 16.3. The minimum Gasteiger partial charge on any atom is -0.493 e. The second kappa shape index (κ2) is 8.62. The number of pyridine rings is 1. The molecule has 7 nitrogen and oxygen atoms in total. The summed E-state index contributed by atoms with van der Waals surface area (Å²) >= 11 is 0. The van der Waals surface area contributed by atoms with Crippen molar-refractivity contribution in [1.82, 2.24) is 15.2 Å². The normalized spacial score (nSPS) is 13.8. The van der Waals surface area contributed by atoms with Crippen molar-refractivity contribution in [3.8, 4) is 17.4 Å². The molecular formula is C20H26N4O3. The molecule has 1 aromatic carbocycles. The SMILES string of the molecule is CN=C(NCc1cccc(OC)n1)N1CCc2cc(OC)c(OC)cc2C1. The van der Waals surface area contributed by atoms with Crippen molar-refractivity contribution >= 4 is 5.96 Å². The molecule has 0 bridgehead atoms. The van der Waals surface area contributed by atoms with Crippen LogP contribution in [0.4, 0.5) is 0 Å². The molecule has 0 unspecified atom stereocenters. The Bertz CT molecular complexity index is 823. The van der Waals surface area contributed by atoms with E-state index in [4.69, 9.17) is 14.2 Å². The third-order valence-electron chi connectivity index (χ3n) is 4.65. The van der Waals surface area contributed by atoms with E-state index in [2.05, 4.69) is 32.3 Å². The van der Waals surface area contributed by atoms with E-state index in [0.717, 1.165) is 42.7 Å². The highest BCUT2D eigenvalue weighted by Crippen LogP contribution is 2.33. The molecule has 2 aromatic rings. The largest absolute Gasteiger partial charge is 0.493 e. The Kier molecular flexibility index (Phi) is 6.01. The first-order valence-corrected chi connectivity index (χ1v) is 8.87. The van der Waals surface area contributed by atoms with E-state index in [-0.39, 0.29) is 0 Å². The van der Waals surface area contributed by atoms with Gasteiger partial charge >= 0.3 is 0 Å². The summed E-state index contributed by atoms with van der Waals surface area (Å²) in [6.07, 6.45) is 0.924. The molecule has 0 fully saturated rings. The van der Waals surface area contributed by atoms with Gasteiger partial charge in [0.2, 0.25) is 5.88 Å². The van der Waals surface area contributed by atoms with Crippen molar-refractivity contribution < 1.29 is 14.2 Å². The number of methoxy groups -OCH3 is 3. The van der Waals surface area contributed by atoms with Gasteiger partial charge in [0.25, 0.3) is 0 Å². The molecule has 27 heavy (non-hydrogen) atoms. The summed E-state index contributed by atoms with van der Waals surface area (Å²) in [6.45, 7) is 2.23. The summed E-state index contributed by atoms with van der Waals surface area (Å²) in [6, 6.07) is 9.86. The molecule has 0 radical (unpaired) electrons. The maximum Gasteiger partial charge on any atom is 0.213 e. The van der Waals surface area contributed by atoms with Gasteiger partial charge in [-0.1, -0.05) is 6.07 Å². The molecule has 2 heterocycles. The average Bonchev–Trinajstić information content (AvgIpc) is 2.73. The van der Waals surface area contributed by atoms with Crippen LogP contribution in [0.1, 0.15) is 16.8 Å². The van der Waals surface area contributed by atoms with Gasteiger partial charge in [0.1, 0.15) is 0 Å². The first-order valence-electron chi connectivity index (χ1n) is 8.87. The highest BCUT2D eigenvalue weighted by Gasteiger charge is 2.21. The van der Waals surface area contributed by atoms with Crippen molar-refractivity contribution in [2.45, 2.75) is 19.5 Å². The van der Waals surface area contributed by atoms with Gasteiger partial charge in [-0.3, -0.25) is 4.99 Å². The van der Waals surface area contributed by atoms with Crippen LogP contribution in [-0.2, 0) is 19.5 Å². The van der Waals surface area contributed by atoms with Crippen molar-refractivity contribution in [2.75, 3.05) is 34.9 Å². The summed E-state index contributed by atoms with van der Waals surface area (Å²) in [5.74, 6) is 2.98. The number of aromatic nitrogens is 1. The van der Waals surface area contributed by atoms with Crippen LogP contribution in [0.2, 0.25) is 0 Å². The molecule has 7 heteroatoms. The van der Waals surface area contributed by atoms with E-state index in [1.807, 2.05) is 18.2 Å². The highest BCUT2D eigenvalue weighted by molar-refractivity contribution is 5.80. The van der Waals surface area contributed by atoms with E-state index in [0.29, 0.717) is 12.4 Å². The predicted octanol–water partition coefficient (Wildman–Crippen LogP) is 2.24. The summed E-state index contributed by atoms with van der Waals surface area (Å²) in [4.78, 5) is 11.1. The molecule has 3 rings (SSSR count). The molecule has 0 amide bonds.